The summed E-state index contributed by atoms with van der Waals surface area (Å²) in [5.41, 5.74) is 0.506. The van der Waals surface area contributed by atoms with Gasteiger partial charge in [0, 0.05) is 11.1 Å². The number of carbonyl (C=O) groups excluding carboxylic acids is 1. The summed E-state index contributed by atoms with van der Waals surface area (Å²) in [5.74, 6) is 0.748. The van der Waals surface area contributed by atoms with E-state index >= 15 is 0 Å². The third-order valence-corrected chi connectivity index (χ3v) is 4.60. The molecule has 0 saturated heterocycles. The molecule has 1 amide bonds. The molecule has 0 bridgehead atoms. The second-order valence-electron chi connectivity index (χ2n) is 5.60. The predicted molar refractivity (Wildman–Crippen MR) is 84.6 cm³/mol. The van der Waals surface area contributed by atoms with Crippen LogP contribution in [0, 0.1) is 5.92 Å². The molecule has 1 N–H and O–H groups in total. The molecule has 1 aromatic carbocycles. The maximum Gasteiger partial charge on any atom is 0.253 e. The summed E-state index contributed by atoms with van der Waals surface area (Å²) in [6.45, 7) is 2.23. The largest absolute Gasteiger partial charge is 0.349 e. The molecule has 2 rings (SSSR count). The van der Waals surface area contributed by atoms with Crippen LogP contribution in [0.3, 0.4) is 0 Å². The van der Waals surface area contributed by atoms with E-state index in [2.05, 4.69) is 12.2 Å². The van der Waals surface area contributed by atoms with Crippen molar-refractivity contribution >= 4 is 29.1 Å². The van der Waals surface area contributed by atoms with E-state index in [0.29, 0.717) is 15.6 Å². The molecule has 1 aromatic rings. The van der Waals surface area contributed by atoms with Crippen molar-refractivity contribution in [1.29, 1.82) is 0 Å². The van der Waals surface area contributed by atoms with Gasteiger partial charge in [-0.05, 0) is 49.8 Å². The summed E-state index contributed by atoms with van der Waals surface area (Å²) >= 11 is 11.9. The minimum atomic E-state index is -0.0920. The highest BCUT2D eigenvalue weighted by molar-refractivity contribution is 6.36. The van der Waals surface area contributed by atoms with Crippen molar-refractivity contribution in [2.75, 3.05) is 0 Å². The minimum absolute atomic E-state index is 0.0920. The second kappa shape index (κ2) is 7.33. The van der Waals surface area contributed by atoms with Gasteiger partial charge in [-0.1, -0.05) is 43.0 Å². The first kappa shape index (κ1) is 15.7. The molecule has 1 aliphatic rings. The van der Waals surface area contributed by atoms with Crippen molar-refractivity contribution in [2.24, 2.45) is 5.92 Å². The molecule has 0 unspecified atom stereocenters. The summed E-state index contributed by atoms with van der Waals surface area (Å²) in [6.07, 6.45) is 7.13. The molecule has 0 radical (unpaired) electrons. The Balaban J connectivity index is 1.89. The van der Waals surface area contributed by atoms with Crippen molar-refractivity contribution in [3.05, 3.63) is 33.8 Å². The van der Waals surface area contributed by atoms with Crippen LogP contribution in [0.5, 0.6) is 0 Å². The van der Waals surface area contributed by atoms with Gasteiger partial charge >= 0.3 is 0 Å². The van der Waals surface area contributed by atoms with Crippen LogP contribution in [-0.4, -0.2) is 11.9 Å². The van der Waals surface area contributed by atoms with Crippen molar-refractivity contribution in [3.8, 4) is 0 Å². The number of amides is 1. The summed E-state index contributed by atoms with van der Waals surface area (Å²) in [7, 11) is 0. The standard InChI is InChI=1S/C16H21Cl2NO/c1-2-3-11-4-7-13(8-5-11)19-16(20)14-9-6-12(17)10-15(14)18/h6,9-11,13H,2-5,7-8H2,1H3,(H,19,20). The van der Waals surface area contributed by atoms with Gasteiger partial charge in [0.2, 0.25) is 0 Å². The van der Waals surface area contributed by atoms with Gasteiger partial charge in [0.15, 0.2) is 0 Å². The lowest BCUT2D eigenvalue weighted by Crippen LogP contribution is -2.37. The fourth-order valence-corrected chi connectivity index (χ4v) is 3.43. The second-order valence-corrected chi connectivity index (χ2v) is 6.45. The summed E-state index contributed by atoms with van der Waals surface area (Å²) in [5, 5.41) is 4.05. The van der Waals surface area contributed by atoms with Crippen LogP contribution in [0.1, 0.15) is 55.8 Å². The first-order valence-corrected chi connectivity index (χ1v) is 8.11. The highest BCUT2D eigenvalue weighted by Gasteiger charge is 2.22. The SMILES string of the molecule is CCCC1CCC(NC(=O)c2ccc(Cl)cc2Cl)CC1. The van der Waals surface area contributed by atoms with E-state index in [1.807, 2.05) is 0 Å². The molecule has 0 aromatic heterocycles. The first-order valence-electron chi connectivity index (χ1n) is 7.36. The third kappa shape index (κ3) is 4.13. The molecule has 20 heavy (non-hydrogen) atoms. The van der Waals surface area contributed by atoms with Crippen molar-refractivity contribution in [2.45, 2.75) is 51.5 Å². The summed E-state index contributed by atoms with van der Waals surface area (Å²) in [4.78, 5) is 12.2. The smallest absolute Gasteiger partial charge is 0.253 e. The average molecular weight is 314 g/mol. The Kier molecular flexibility index (Phi) is 5.74. The number of hydrogen-bond donors (Lipinski definition) is 1. The lowest BCUT2D eigenvalue weighted by molar-refractivity contribution is 0.0921. The Labute approximate surface area is 130 Å². The van der Waals surface area contributed by atoms with Gasteiger partial charge in [-0.2, -0.15) is 0 Å². The zero-order chi connectivity index (χ0) is 14.5. The third-order valence-electron chi connectivity index (χ3n) is 4.05. The molecular weight excluding hydrogens is 293 g/mol. The monoisotopic (exact) mass is 313 g/mol. The van der Waals surface area contributed by atoms with Crippen LogP contribution < -0.4 is 5.32 Å². The molecule has 0 atom stereocenters. The van der Waals surface area contributed by atoms with Gasteiger partial charge in [0.05, 0.1) is 10.6 Å². The van der Waals surface area contributed by atoms with Crippen LogP contribution in [0.15, 0.2) is 18.2 Å². The lowest BCUT2D eigenvalue weighted by atomic mass is 9.83. The highest BCUT2D eigenvalue weighted by atomic mass is 35.5. The molecule has 0 heterocycles. The van der Waals surface area contributed by atoms with Crippen molar-refractivity contribution in [3.63, 3.8) is 0 Å². The van der Waals surface area contributed by atoms with Crippen LogP contribution in [0.25, 0.3) is 0 Å². The zero-order valence-corrected chi connectivity index (χ0v) is 13.3. The minimum Gasteiger partial charge on any atom is -0.349 e. The van der Waals surface area contributed by atoms with Crippen LogP contribution >= 0.6 is 23.2 Å². The van der Waals surface area contributed by atoms with Gasteiger partial charge < -0.3 is 5.32 Å². The fraction of sp³-hybridized carbons (Fsp3) is 0.562. The molecule has 4 heteroatoms. The number of benzene rings is 1. The van der Waals surface area contributed by atoms with Gasteiger partial charge in [-0.15, -0.1) is 0 Å². The summed E-state index contributed by atoms with van der Waals surface area (Å²) in [6, 6.07) is 5.27. The maximum atomic E-state index is 12.2. The normalized spacial score (nSPS) is 22.6. The van der Waals surface area contributed by atoms with Gasteiger partial charge in [-0.25, -0.2) is 0 Å². The maximum absolute atomic E-state index is 12.2. The molecular formula is C16H21Cl2NO. The highest BCUT2D eigenvalue weighted by Crippen LogP contribution is 2.28. The predicted octanol–water partition coefficient (Wildman–Crippen LogP) is 5.08. The van der Waals surface area contributed by atoms with Gasteiger partial charge in [0.1, 0.15) is 0 Å². The number of hydrogen-bond acceptors (Lipinski definition) is 1. The summed E-state index contributed by atoms with van der Waals surface area (Å²) < 4.78 is 0. The van der Waals surface area contributed by atoms with E-state index < -0.39 is 0 Å². The van der Waals surface area contributed by atoms with Gasteiger partial charge in [0.25, 0.3) is 5.91 Å². The van der Waals surface area contributed by atoms with E-state index in [4.69, 9.17) is 23.2 Å². The molecule has 0 aliphatic heterocycles. The topological polar surface area (TPSA) is 29.1 Å². The Bertz CT molecular complexity index is 468. The average Bonchev–Trinajstić information content (AvgIpc) is 2.41. The van der Waals surface area contributed by atoms with E-state index in [1.165, 1.54) is 25.7 Å². The molecule has 2 nitrogen and oxygen atoms in total. The van der Waals surface area contributed by atoms with Crippen molar-refractivity contribution < 1.29 is 4.79 Å². The molecule has 1 aliphatic carbocycles. The Morgan fingerprint density at radius 3 is 2.55 bits per heavy atom. The van der Waals surface area contributed by atoms with Crippen molar-refractivity contribution in [1.82, 2.24) is 5.32 Å². The molecule has 1 fully saturated rings. The molecule has 0 spiro atoms. The molecule has 1 saturated carbocycles. The number of halogens is 2. The Morgan fingerprint density at radius 2 is 1.95 bits per heavy atom. The quantitative estimate of drug-likeness (QED) is 0.825. The van der Waals surface area contributed by atoms with Gasteiger partial charge in [-0.3, -0.25) is 4.79 Å². The lowest BCUT2D eigenvalue weighted by Gasteiger charge is -2.29. The van der Waals surface area contributed by atoms with E-state index in [1.54, 1.807) is 18.2 Å². The van der Waals surface area contributed by atoms with E-state index in [-0.39, 0.29) is 11.9 Å². The van der Waals surface area contributed by atoms with Crippen LogP contribution in [0.4, 0.5) is 0 Å². The number of nitrogens with one attached hydrogen (secondary N) is 1. The Morgan fingerprint density at radius 1 is 1.25 bits per heavy atom. The first-order chi connectivity index (χ1) is 9.60. The molecule has 110 valence electrons. The fourth-order valence-electron chi connectivity index (χ4n) is 2.94. The number of carbonyl (C=O) groups is 1. The Hall–Kier alpha value is -0.730. The number of rotatable bonds is 4. The van der Waals surface area contributed by atoms with E-state index in [0.717, 1.165) is 18.8 Å². The van der Waals surface area contributed by atoms with Crippen LogP contribution in [-0.2, 0) is 0 Å². The zero-order valence-electron chi connectivity index (χ0n) is 11.8. The van der Waals surface area contributed by atoms with E-state index in [9.17, 15) is 4.79 Å². The van der Waals surface area contributed by atoms with Crippen LogP contribution in [0.2, 0.25) is 10.0 Å².